The Morgan fingerprint density at radius 2 is 1.69 bits per heavy atom. The van der Waals surface area contributed by atoms with Crippen LogP contribution in [-0.4, -0.2) is 52.5 Å². The number of ether oxygens (including phenoxy) is 2. The Bertz CT molecular complexity index is 1040. The minimum absolute atomic E-state index is 0. The molecule has 1 atom stereocenters. The van der Waals surface area contributed by atoms with E-state index in [1.165, 1.54) is 5.56 Å². The maximum atomic E-state index is 13.9. The molecule has 2 aliphatic heterocycles. The fraction of sp³-hybridized carbons (Fsp3) is 0.500. The van der Waals surface area contributed by atoms with Gasteiger partial charge in [0.2, 0.25) is 0 Å². The number of nitrogens with zero attached hydrogens (tertiary/aromatic N) is 1. The number of piperidine rings is 1. The van der Waals surface area contributed by atoms with E-state index in [1.807, 2.05) is 31.2 Å². The van der Waals surface area contributed by atoms with Crippen LogP contribution in [0.2, 0.25) is 0 Å². The van der Waals surface area contributed by atoms with Gasteiger partial charge < -0.3 is 14.8 Å². The number of aryl methyl sites for hydroxylation is 1. The van der Waals surface area contributed by atoms with Crippen molar-refractivity contribution in [3.8, 4) is 11.5 Å². The minimum Gasteiger partial charge on any atom is -0.493 e. The number of hydrogen-bond acceptors (Lipinski definition) is 6. The van der Waals surface area contributed by atoms with Crippen LogP contribution in [-0.2, 0) is 22.8 Å². The molecule has 2 aromatic rings. The van der Waals surface area contributed by atoms with E-state index in [-0.39, 0.29) is 18.3 Å². The lowest BCUT2D eigenvalue weighted by Gasteiger charge is -2.40. The molecule has 0 amide bonds. The zero-order valence-electron chi connectivity index (χ0n) is 19.0. The molecule has 2 aromatic carbocycles. The molecule has 2 heterocycles. The third kappa shape index (κ3) is 4.91. The van der Waals surface area contributed by atoms with Crippen molar-refractivity contribution in [2.24, 2.45) is 5.92 Å². The third-order valence-electron chi connectivity index (χ3n) is 6.53. The lowest BCUT2D eigenvalue weighted by molar-refractivity contribution is 0.159. The number of halogens is 1. The molecule has 6 nitrogen and oxygen atoms in total. The standard InChI is InChI=1S/C24H32N2O4S.ClH/c1-17-5-4-6-21(13-17)31(27,28)24(18-7-10-25-11-8-18)26-12-9-19-14-22(29-2)23(30-3)15-20(19)16-26;/h4-6,13-15,18,24-25H,7-12,16H2,1-3H3;1H. The first kappa shape index (κ1) is 24.8. The predicted molar refractivity (Wildman–Crippen MR) is 129 cm³/mol. The van der Waals surface area contributed by atoms with Gasteiger partial charge in [-0.2, -0.15) is 0 Å². The van der Waals surface area contributed by atoms with E-state index in [4.69, 9.17) is 9.47 Å². The van der Waals surface area contributed by atoms with Gasteiger partial charge in [0.15, 0.2) is 21.3 Å². The Morgan fingerprint density at radius 3 is 2.31 bits per heavy atom. The van der Waals surface area contributed by atoms with E-state index >= 15 is 0 Å². The highest BCUT2D eigenvalue weighted by Gasteiger charge is 2.41. The van der Waals surface area contributed by atoms with Crippen molar-refractivity contribution in [1.29, 1.82) is 0 Å². The Kier molecular flexibility index (Phi) is 8.09. The van der Waals surface area contributed by atoms with Gasteiger partial charge in [-0.25, -0.2) is 8.42 Å². The third-order valence-corrected chi connectivity index (χ3v) is 8.76. The Balaban J connectivity index is 0.00000289. The number of methoxy groups -OCH3 is 2. The number of nitrogens with one attached hydrogen (secondary N) is 1. The van der Waals surface area contributed by atoms with Crippen LogP contribution in [0.4, 0.5) is 0 Å². The van der Waals surface area contributed by atoms with Crippen LogP contribution in [0.3, 0.4) is 0 Å². The molecular weight excluding hydrogens is 448 g/mol. The molecule has 2 aliphatic rings. The van der Waals surface area contributed by atoms with Crippen molar-refractivity contribution in [2.45, 2.75) is 43.0 Å². The van der Waals surface area contributed by atoms with Crippen LogP contribution in [0, 0.1) is 12.8 Å². The van der Waals surface area contributed by atoms with E-state index in [9.17, 15) is 8.42 Å². The maximum Gasteiger partial charge on any atom is 0.194 e. The number of sulfone groups is 1. The topological polar surface area (TPSA) is 67.9 Å². The molecular formula is C24H33ClN2O4S. The summed E-state index contributed by atoms with van der Waals surface area (Å²) in [7, 11) is -0.242. The SMILES string of the molecule is COc1cc2c(cc1OC)CN(C(C1CCNCC1)S(=O)(=O)c1cccc(C)c1)CC2.Cl. The summed E-state index contributed by atoms with van der Waals surface area (Å²) in [5.41, 5.74) is 3.28. The lowest BCUT2D eigenvalue weighted by Crippen LogP contribution is -2.50. The summed E-state index contributed by atoms with van der Waals surface area (Å²) in [4.78, 5) is 2.59. The molecule has 4 rings (SSSR count). The van der Waals surface area contributed by atoms with Crippen LogP contribution in [0.5, 0.6) is 11.5 Å². The van der Waals surface area contributed by atoms with Crippen LogP contribution >= 0.6 is 12.4 Å². The molecule has 0 aliphatic carbocycles. The van der Waals surface area contributed by atoms with Gasteiger partial charge in [-0.05, 0) is 86.1 Å². The van der Waals surface area contributed by atoms with Crippen molar-refractivity contribution in [3.05, 3.63) is 53.1 Å². The van der Waals surface area contributed by atoms with Gasteiger partial charge >= 0.3 is 0 Å². The molecule has 0 aromatic heterocycles. The highest BCUT2D eigenvalue weighted by atomic mass is 35.5. The highest BCUT2D eigenvalue weighted by Crippen LogP contribution is 2.37. The monoisotopic (exact) mass is 480 g/mol. The van der Waals surface area contributed by atoms with Gasteiger partial charge in [0, 0.05) is 13.1 Å². The fourth-order valence-electron chi connectivity index (χ4n) is 4.93. The lowest BCUT2D eigenvalue weighted by atomic mass is 9.94. The molecule has 1 unspecified atom stereocenters. The zero-order chi connectivity index (χ0) is 22.0. The summed E-state index contributed by atoms with van der Waals surface area (Å²) in [5, 5.41) is 2.84. The van der Waals surface area contributed by atoms with Gasteiger partial charge in [0.1, 0.15) is 5.37 Å². The first-order chi connectivity index (χ1) is 14.9. The van der Waals surface area contributed by atoms with Gasteiger partial charge in [-0.3, -0.25) is 4.90 Å². The minimum atomic E-state index is -3.51. The number of fused-ring (bicyclic) bond motifs is 1. The first-order valence-electron chi connectivity index (χ1n) is 10.9. The van der Waals surface area contributed by atoms with E-state index < -0.39 is 15.2 Å². The van der Waals surface area contributed by atoms with Crippen molar-refractivity contribution >= 4 is 22.2 Å². The van der Waals surface area contributed by atoms with Crippen LogP contribution in [0.25, 0.3) is 0 Å². The predicted octanol–water partition coefficient (Wildman–Crippen LogP) is 3.59. The summed E-state index contributed by atoms with van der Waals surface area (Å²) in [6, 6.07) is 11.3. The average molecular weight is 481 g/mol. The summed E-state index contributed by atoms with van der Waals surface area (Å²) in [6.07, 6.45) is 2.52. The van der Waals surface area contributed by atoms with Gasteiger partial charge in [-0.15, -0.1) is 12.4 Å². The first-order valence-corrected chi connectivity index (χ1v) is 12.5. The normalized spacial score (nSPS) is 18.3. The second kappa shape index (κ2) is 10.4. The molecule has 8 heteroatoms. The summed E-state index contributed by atoms with van der Waals surface area (Å²) >= 11 is 0. The maximum absolute atomic E-state index is 13.9. The zero-order valence-corrected chi connectivity index (χ0v) is 20.6. The molecule has 1 saturated heterocycles. The molecule has 0 spiro atoms. The quantitative estimate of drug-likeness (QED) is 0.681. The number of rotatable bonds is 6. The molecule has 1 fully saturated rings. The van der Waals surface area contributed by atoms with E-state index in [0.717, 1.165) is 49.2 Å². The van der Waals surface area contributed by atoms with Gasteiger partial charge in [-0.1, -0.05) is 12.1 Å². The average Bonchev–Trinajstić information content (AvgIpc) is 2.78. The van der Waals surface area contributed by atoms with E-state index in [0.29, 0.717) is 23.7 Å². The summed E-state index contributed by atoms with van der Waals surface area (Å²) < 4.78 is 38.8. The van der Waals surface area contributed by atoms with Crippen molar-refractivity contribution in [2.75, 3.05) is 33.9 Å². The Hall–Kier alpha value is -1.80. The molecule has 0 radical (unpaired) electrons. The van der Waals surface area contributed by atoms with Gasteiger partial charge in [0.05, 0.1) is 19.1 Å². The molecule has 32 heavy (non-hydrogen) atoms. The molecule has 0 bridgehead atoms. The Morgan fingerprint density at radius 1 is 1.03 bits per heavy atom. The van der Waals surface area contributed by atoms with Crippen molar-refractivity contribution in [1.82, 2.24) is 10.2 Å². The van der Waals surface area contributed by atoms with E-state index in [2.05, 4.69) is 10.2 Å². The van der Waals surface area contributed by atoms with Crippen molar-refractivity contribution < 1.29 is 17.9 Å². The van der Waals surface area contributed by atoms with E-state index in [1.54, 1.807) is 26.4 Å². The van der Waals surface area contributed by atoms with Crippen molar-refractivity contribution in [3.63, 3.8) is 0 Å². The molecule has 0 saturated carbocycles. The van der Waals surface area contributed by atoms with Crippen LogP contribution < -0.4 is 14.8 Å². The smallest absolute Gasteiger partial charge is 0.194 e. The molecule has 176 valence electrons. The summed E-state index contributed by atoms with van der Waals surface area (Å²) in [5.74, 6) is 1.51. The molecule has 1 N–H and O–H groups in total. The van der Waals surface area contributed by atoms with Crippen LogP contribution in [0.15, 0.2) is 41.3 Å². The second-order valence-electron chi connectivity index (χ2n) is 8.54. The summed E-state index contributed by atoms with van der Waals surface area (Å²) in [6.45, 7) is 4.96. The number of hydrogen-bond donors (Lipinski definition) is 1. The fourth-order valence-corrected chi connectivity index (χ4v) is 7.18. The number of benzene rings is 2. The highest BCUT2D eigenvalue weighted by molar-refractivity contribution is 7.92. The van der Waals surface area contributed by atoms with Crippen LogP contribution in [0.1, 0.15) is 29.5 Å². The Labute approximate surface area is 197 Å². The second-order valence-corrected chi connectivity index (χ2v) is 10.6. The van der Waals surface area contributed by atoms with Gasteiger partial charge in [0.25, 0.3) is 0 Å². The largest absolute Gasteiger partial charge is 0.493 e.